The molecule has 0 radical (unpaired) electrons. The number of para-hydroxylation sites is 1. The second-order valence-electron chi connectivity index (χ2n) is 7.53. The quantitative estimate of drug-likeness (QED) is 0.628. The number of rotatable bonds is 5. The first kappa shape index (κ1) is 21.5. The van der Waals surface area contributed by atoms with Gasteiger partial charge in [-0.3, -0.25) is 4.79 Å². The van der Waals surface area contributed by atoms with Crippen molar-refractivity contribution in [3.63, 3.8) is 0 Å². The summed E-state index contributed by atoms with van der Waals surface area (Å²) in [6.45, 7) is 0.869. The van der Waals surface area contributed by atoms with E-state index in [2.05, 4.69) is 5.32 Å². The number of benzene rings is 2. The molecule has 3 nitrogen and oxygen atoms in total. The molecule has 0 bridgehead atoms. The average Bonchev–Trinajstić information content (AvgIpc) is 2.72. The lowest BCUT2D eigenvalue weighted by Gasteiger charge is -2.35. The molecule has 1 N–H and O–H groups in total. The molecule has 0 saturated heterocycles. The van der Waals surface area contributed by atoms with Gasteiger partial charge in [0.05, 0.1) is 16.1 Å². The molecular weight excluding hydrogens is 401 g/mol. The fourth-order valence-corrected chi connectivity index (χ4v) is 3.97. The number of hydrogen-bond donors (Lipinski definition) is 1. The minimum atomic E-state index is -4.51. The van der Waals surface area contributed by atoms with E-state index in [0.29, 0.717) is 5.92 Å². The van der Waals surface area contributed by atoms with Gasteiger partial charge in [-0.15, -0.1) is 0 Å². The molecule has 2 aromatic rings. The summed E-state index contributed by atoms with van der Waals surface area (Å²) in [6.07, 6.45) is -0.960. The lowest BCUT2D eigenvalue weighted by molar-refractivity contribution is -0.137. The molecule has 1 fully saturated rings. The third-order valence-electron chi connectivity index (χ3n) is 5.58. The van der Waals surface area contributed by atoms with Gasteiger partial charge in [0.15, 0.2) is 0 Å². The Morgan fingerprint density at radius 2 is 1.76 bits per heavy atom. The number of carbonyl (C=O) groups excluding carboxylic acids is 1. The van der Waals surface area contributed by atoms with E-state index in [4.69, 9.17) is 11.6 Å². The molecule has 1 aliphatic carbocycles. The number of halogens is 4. The molecular formula is C22H24ClF3N2O. The Hall–Kier alpha value is -2.21. The number of alkyl halides is 3. The number of amides is 1. The van der Waals surface area contributed by atoms with Crippen LogP contribution in [0.1, 0.15) is 41.6 Å². The fourth-order valence-electron chi connectivity index (χ4n) is 3.78. The highest BCUT2D eigenvalue weighted by atomic mass is 35.5. The Balaban J connectivity index is 1.58. The van der Waals surface area contributed by atoms with Crippen molar-refractivity contribution in [3.05, 3.63) is 64.7 Å². The van der Waals surface area contributed by atoms with Crippen LogP contribution in [0.15, 0.2) is 48.5 Å². The summed E-state index contributed by atoms with van der Waals surface area (Å²) in [6, 6.07) is 12.9. The minimum Gasteiger partial charge on any atom is -0.385 e. The number of carbonyl (C=O) groups is 1. The van der Waals surface area contributed by atoms with Crippen LogP contribution in [0, 0.1) is 5.92 Å². The highest BCUT2D eigenvalue weighted by Gasteiger charge is 2.33. The van der Waals surface area contributed by atoms with E-state index >= 15 is 0 Å². The van der Waals surface area contributed by atoms with E-state index in [1.807, 2.05) is 30.3 Å². The summed E-state index contributed by atoms with van der Waals surface area (Å²) >= 11 is 6.02. The Morgan fingerprint density at radius 3 is 2.38 bits per heavy atom. The van der Waals surface area contributed by atoms with Gasteiger partial charge in [0.25, 0.3) is 5.91 Å². The van der Waals surface area contributed by atoms with Gasteiger partial charge < -0.3 is 10.2 Å². The van der Waals surface area contributed by atoms with Crippen molar-refractivity contribution >= 4 is 23.2 Å². The van der Waals surface area contributed by atoms with Crippen LogP contribution in [0.2, 0.25) is 5.02 Å². The summed E-state index contributed by atoms with van der Waals surface area (Å²) in [5, 5.41) is 3.47. The molecule has 1 aliphatic rings. The van der Waals surface area contributed by atoms with Crippen LogP contribution in [0.5, 0.6) is 0 Å². The normalized spacial score (nSPS) is 19.6. The summed E-state index contributed by atoms with van der Waals surface area (Å²) in [5.74, 6) is 0.0408. The molecule has 1 amide bonds. The monoisotopic (exact) mass is 424 g/mol. The first-order valence-corrected chi connectivity index (χ1v) is 10.1. The standard InChI is InChI=1S/C22H24ClF3N2O/c1-28(21(29)19-13-16(22(24,25)26)9-12-20(19)23)18-10-7-15(8-11-18)14-27-17-5-3-2-4-6-17/h2-6,9,12-13,15,18,27H,7-8,10-11,14H2,1H3/t15-,18-. The summed E-state index contributed by atoms with van der Waals surface area (Å²) in [5.41, 5.74) is 0.118. The molecule has 0 heterocycles. The predicted molar refractivity (Wildman–Crippen MR) is 109 cm³/mol. The molecule has 0 atom stereocenters. The Kier molecular flexibility index (Phi) is 6.73. The van der Waals surface area contributed by atoms with Crippen molar-refractivity contribution in [3.8, 4) is 0 Å². The fraction of sp³-hybridized carbons (Fsp3) is 0.409. The maximum Gasteiger partial charge on any atom is 0.416 e. The predicted octanol–water partition coefficient (Wildman–Crippen LogP) is 6.10. The van der Waals surface area contributed by atoms with Crippen LogP contribution < -0.4 is 5.32 Å². The minimum absolute atomic E-state index is 0.00100. The Labute approximate surface area is 173 Å². The number of nitrogens with zero attached hydrogens (tertiary/aromatic N) is 1. The van der Waals surface area contributed by atoms with Crippen LogP contribution in [-0.2, 0) is 6.18 Å². The Bertz CT molecular complexity index is 834. The van der Waals surface area contributed by atoms with Crippen molar-refractivity contribution in [2.45, 2.75) is 37.9 Å². The van der Waals surface area contributed by atoms with Crippen molar-refractivity contribution in [2.24, 2.45) is 5.92 Å². The van der Waals surface area contributed by atoms with Crippen molar-refractivity contribution in [1.82, 2.24) is 4.90 Å². The van der Waals surface area contributed by atoms with Gasteiger partial charge in [0, 0.05) is 25.3 Å². The number of nitrogens with one attached hydrogen (secondary N) is 1. The van der Waals surface area contributed by atoms with Crippen LogP contribution in [0.3, 0.4) is 0 Å². The molecule has 0 unspecified atom stereocenters. The Morgan fingerprint density at radius 1 is 1.10 bits per heavy atom. The third kappa shape index (κ3) is 5.44. The molecule has 0 aliphatic heterocycles. The second kappa shape index (κ2) is 9.08. The third-order valence-corrected chi connectivity index (χ3v) is 5.91. The molecule has 29 heavy (non-hydrogen) atoms. The summed E-state index contributed by atoms with van der Waals surface area (Å²) < 4.78 is 38.9. The topological polar surface area (TPSA) is 32.3 Å². The molecule has 3 rings (SSSR count). The van der Waals surface area contributed by atoms with Gasteiger partial charge in [-0.25, -0.2) is 0 Å². The van der Waals surface area contributed by atoms with E-state index < -0.39 is 17.6 Å². The largest absolute Gasteiger partial charge is 0.416 e. The highest BCUT2D eigenvalue weighted by Crippen LogP contribution is 2.33. The number of anilines is 1. The van der Waals surface area contributed by atoms with Gasteiger partial charge in [0.2, 0.25) is 0 Å². The molecule has 0 aromatic heterocycles. The van der Waals surface area contributed by atoms with Gasteiger partial charge >= 0.3 is 6.18 Å². The van der Waals surface area contributed by atoms with Gasteiger partial charge in [-0.1, -0.05) is 29.8 Å². The zero-order valence-electron chi connectivity index (χ0n) is 16.2. The molecule has 1 saturated carbocycles. The molecule has 7 heteroatoms. The second-order valence-corrected chi connectivity index (χ2v) is 7.94. The molecule has 2 aromatic carbocycles. The first-order valence-electron chi connectivity index (χ1n) is 9.68. The maximum absolute atomic E-state index is 13.0. The lowest BCUT2D eigenvalue weighted by atomic mass is 9.85. The summed E-state index contributed by atoms with van der Waals surface area (Å²) in [7, 11) is 1.64. The van der Waals surface area contributed by atoms with Gasteiger partial charge in [-0.2, -0.15) is 13.2 Å². The number of hydrogen-bond acceptors (Lipinski definition) is 2. The van der Waals surface area contributed by atoms with Crippen molar-refractivity contribution < 1.29 is 18.0 Å². The van der Waals surface area contributed by atoms with E-state index in [0.717, 1.165) is 56.1 Å². The zero-order chi connectivity index (χ0) is 21.0. The van der Waals surface area contributed by atoms with Crippen LogP contribution in [-0.4, -0.2) is 30.4 Å². The first-order chi connectivity index (χ1) is 13.8. The van der Waals surface area contributed by atoms with Crippen molar-refractivity contribution in [2.75, 3.05) is 18.9 Å². The molecule has 0 spiro atoms. The molecule has 156 valence electrons. The van der Waals surface area contributed by atoms with E-state index in [9.17, 15) is 18.0 Å². The van der Waals surface area contributed by atoms with Gasteiger partial charge in [0.1, 0.15) is 0 Å². The van der Waals surface area contributed by atoms with Crippen LogP contribution >= 0.6 is 11.6 Å². The lowest BCUT2D eigenvalue weighted by Crippen LogP contribution is -2.40. The van der Waals surface area contributed by atoms with Crippen molar-refractivity contribution in [1.29, 1.82) is 0 Å². The van der Waals surface area contributed by atoms with Crippen LogP contribution in [0.25, 0.3) is 0 Å². The van der Waals surface area contributed by atoms with Crippen LogP contribution in [0.4, 0.5) is 18.9 Å². The average molecular weight is 425 g/mol. The zero-order valence-corrected chi connectivity index (χ0v) is 16.9. The smallest absolute Gasteiger partial charge is 0.385 e. The highest BCUT2D eigenvalue weighted by molar-refractivity contribution is 6.33. The van der Waals surface area contributed by atoms with E-state index in [1.54, 1.807) is 11.9 Å². The van der Waals surface area contributed by atoms with E-state index in [-0.39, 0.29) is 16.6 Å². The maximum atomic E-state index is 13.0. The van der Waals surface area contributed by atoms with E-state index in [1.165, 1.54) is 0 Å². The SMILES string of the molecule is CN(C(=O)c1cc(C(F)(F)F)ccc1Cl)[C@H]1CC[C@H](CNc2ccccc2)CC1. The summed E-state index contributed by atoms with van der Waals surface area (Å²) in [4.78, 5) is 14.3. The van der Waals surface area contributed by atoms with Gasteiger partial charge in [-0.05, 0) is 61.9 Å².